The van der Waals surface area contributed by atoms with Crippen molar-refractivity contribution in [1.82, 2.24) is 15.3 Å². The molecule has 2 amide bonds. The van der Waals surface area contributed by atoms with E-state index in [1.165, 1.54) is 11.9 Å². The molecular weight excluding hydrogens is 282 g/mol. The van der Waals surface area contributed by atoms with Crippen molar-refractivity contribution in [2.75, 3.05) is 17.7 Å². The third-order valence-corrected chi connectivity index (χ3v) is 3.52. The lowest BCUT2D eigenvalue weighted by atomic mass is 10.2. The van der Waals surface area contributed by atoms with Crippen molar-refractivity contribution in [3.8, 4) is 0 Å². The monoisotopic (exact) mass is 297 g/mol. The van der Waals surface area contributed by atoms with E-state index >= 15 is 0 Å². The Bertz CT molecular complexity index is 745. The fraction of sp³-hybridized carbons (Fsp3) is 0.200. The second-order valence-electron chi connectivity index (χ2n) is 4.96. The number of benzene rings is 1. The highest BCUT2D eigenvalue weighted by Crippen LogP contribution is 2.31. The van der Waals surface area contributed by atoms with Gasteiger partial charge in [-0.05, 0) is 5.56 Å². The highest BCUT2D eigenvalue weighted by atomic mass is 16.2. The van der Waals surface area contributed by atoms with E-state index in [2.05, 4.69) is 15.3 Å². The van der Waals surface area contributed by atoms with Crippen molar-refractivity contribution in [3.05, 3.63) is 47.3 Å². The summed E-state index contributed by atoms with van der Waals surface area (Å²) in [6, 6.07) is 9.57. The second-order valence-corrected chi connectivity index (χ2v) is 4.96. The first-order valence-electron chi connectivity index (χ1n) is 6.83. The first kappa shape index (κ1) is 14.0. The number of rotatable bonds is 3. The number of nitrogens with zero attached hydrogens (tertiary/aromatic N) is 3. The van der Waals surface area contributed by atoms with Crippen molar-refractivity contribution in [1.29, 1.82) is 0 Å². The first-order valence-corrected chi connectivity index (χ1v) is 6.83. The Morgan fingerprint density at radius 2 is 2.05 bits per heavy atom. The maximum absolute atomic E-state index is 12.2. The van der Waals surface area contributed by atoms with Crippen LogP contribution in [0.1, 0.15) is 21.7 Å². The molecular formula is C15H15N5O2. The van der Waals surface area contributed by atoms with Crippen molar-refractivity contribution >= 4 is 23.5 Å². The molecule has 2 heterocycles. The Balaban J connectivity index is 2.00. The fourth-order valence-electron chi connectivity index (χ4n) is 2.39. The van der Waals surface area contributed by atoms with Gasteiger partial charge in [-0.25, -0.2) is 9.97 Å². The van der Waals surface area contributed by atoms with E-state index in [9.17, 15) is 9.59 Å². The molecule has 0 aliphatic carbocycles. The van der Waals surface area contributed by atoms with Gasteiger partial charge in [0.2, 0.25) is 11.7 Å². The molecule has 0 radical (unpaired) electrons. The molecule has 7 heteroatoms. The predicted molar refractivity (Wildman–Crippen MR) is 81.2 cm³/mol. The molecule has 112 valence electrons. The lowest BCUT2D eigenvalue weighted by molar-refractivity contribution is -0.117. The first-order chi connectivity index (χ1) is 10.6. The van der Waals surface area contributed by atoms with Crippen LogP contribution in [0.5, 0.6) is 0 Å². The summed E-state index contributed by atoms with van der Waals surface area (Å²) in [6.45, 7) is 0.385. The molecule has 3 N–H and O–H groups in total. The normalized spacial score (nSPS) is 13.1. The SMILES string of the molecule is CNC(=O)c1nc(N)c2c(n1)N(Cc1ccccc1)C(=O)C2. The Labute approximate surface area is 127 Å². The Morgan fingerprint density at radius 1 is 1.32 bits per heavy atom. The van der Waals surface area contributed by atoms with Gasteiger partial charge in [0.1, 0.15) is 11.6 Å². The number of carbonyl (C=O) groups is 2. The molecule has 0 atom stereocenters. The molecule has 0 saturated carbocycles. The van der Waals surface area contributed by atoms with Crippen molar-refractivity contribution < 1.29 is 9.59 Å². The number of fused-ring (bicyclic) bond motifs is 1. The van der Waals surface area contributed by atoms with Crippen LogP contribution in [0, 0.1) is 0 Å². The lowest BCUT2D eigenvalue weighted by Crippen LogP contribution is -2.28. The molecule has 2 aromatic rings. The van der Waals surface area contributed by atoms with E-state index in [-0.39, 0.29) is 24.0 Å². The van der Waals surface area contributed by atoms with Crippen LogP contribution < -0.4 is 16.0 Å². The van der Waals surface area contributed by atoms with Gasteiger partial charge in [0.15, 0.2) is 0 Å². The van der Waals surface area contributed by atoms with E-state index in [1.807, 2.05) is 30.3 Å². The topological polar surface area (TPSA) is 101 Å². The summed E-state index contributed by atoms with van der Waals surface area (Å²) < 4.78 is 0. The summed E-state index contributed by atoms with van der Waals surface area (Å²) in [4.78, 5) is 33.7. The minimum atomic E-state index is -0.437. The molecule has 7 nitrogen and oxygen atoms in total. The Morgan fingerprint density at radius 3 is 2.73 bits per heavy atom. The van der Waals surface area contributed by atoms with Crippen LogP contribution in [0.2, 0.25) is 0 Å². The third-order valence-electron chi connectivity index (χ3n) is 3.52. The van der Waals surface area contributed by atoms with E-state index in [1.54, 1.807) is 0 Å². The van der Waals surface area contributed by atoms with Crippen LogP contribution in [0.4, 0.5) is 11.6 Å². The van der Waals surface area contributed by atoms with Gasteiger partial charge in [0.05, 0.1) is 13.0 Å². The smallest absolute Gasteiger partial charge is 0.288 e. The van der Waals surface area contributed by atoms with Crippen LogP contribution in [-0.2, 0) is 17.8 Å². The average Bonchev–Trinajstić information content (AvgIpc) is 2.84. The zero-order valence-corrected chi connectivity index (χ0v) is 12.0. The number of nitrogens with one attached hydrogen (secondary N) is 1. The van der Waals surface area contributed by atoms with Crippen molar-refractivity contribution in [3.63, 3.8) is 0 Å². The summed E-state index contributed by atoms with van der Waals surface area (Å²) in [5.74, 6) is 0.0152. The number of carbonyl (C=O) groups excluding carboxylic acids is 2. The van der Waals surface area contributed by atoms with Crippen molar-refractivity contribution in [2.45, 2.75) is 13.0 Å². The number of anilines is 2. The van der Waals surface area contributed by atoms with Crippen LogP contribution in [0.15, 0.2) is 30.3 Å². The Kier molecular flexibility index (Phi) is 3.46. The number of hydrogen-bond acceptors (Lipinski definition) is 5. The van der Waals surface area contributed by atoms with Crippen LogP contribution >= 0.6 is 0 Å². The molecule has 3 rings (SSSR count). The molecule has 22 heavy (non-hydrogen) atoms. The Hall–Kier alpha value is -2.96. The standard InChI is InChI=1S/C15H15N5O2/c1-17-15(22)13-18-12(16)10-7-11(21)20(14(10)19-13)8-9-5-3-2-4-6-9/h2-6H,7-8H2,1H3,(H,17,22)(H2,16,18,19). The molecule has 0 bridgehead atoms. The molecule has 0 fully saturated rings. The minimum absolute atomic E-state index is 0.0356. The van der Waals surface area contributed by atoms with E-state index in [0.717, 1.165) is 5.56 Å². The van der Waals surface area contributed by atoms with Crippen LogP contribution in [-0.4, -0.2) is 28.8 Å². The lowest BCUT2D eigenvalue weighted by Gasteiger charge is -2.17. The van der Waals surface area contributed by atoms with Gasteiger partial charge in [-0.2, -0.15) is 0 Å². The maximum Gasteiger partial charge on any atom is 0.288 e. The molecule has 0 spiro atoms. The highest BCUT2D eigenvalue weighted by molar-refractivity contribution is 6.02. The van der Waals surface area contributed by atoms with E-state index in [0.29, 0.717) is 17.9 Å². The summed E-state index contributed by atoms with van der Waals surface area (Å²) >= 11 is 0. The quantitative estimate of drug-likeness (QED) is 0.859. The number of hydrogen-bond donors (Lipinski definition) is 2. The van der Waals surface area contributed by atoms with Gasteiger partial charge in [-0.3, -0.25) is 14.5 Å². The molecule has 0 unspecified atom stereocenters. The summed E-state index contributed by atoms with van der Waals surface area (Å²) in [5.41, 5.74) is 7.42. The van der Waals surface area contributed by atoms with Gasteiger partial charge in [0.25, 0.3) is 5.91 Å². The van der Waals surface area contributed by atoms with E-state index in [4.69, 9.17) is 5.73 Å². The highest BCUT2D eigenvalue weighted by Gasteiger charge is 2.32. The largest absolute Gasteiger partial charge is 0.383 e. The summed E-state index contributed by atoms with van der Waals surface area (Å²) in [5, 5.41) is 2.45. The van der Waals surface area contributed by atoms with Crippen LogP contribution in [0.25, 0.3) is 0 Å². The zero-order chi connectivity index (χ0) is 15.7. The third kappa shape index (κ3) is 2.37. The number of aromatic nitrogens is 2. The van der Waals surface area contributed by atoms with Gasteiger partial charge >= 0.3 is 0 Å². The number of nitrogen functional groups attached to an aromatic ring is 1. The predicted octanol–water partition coefficient (Wildman–Crippen LogP) is 0.508. The molecule has 1 aliphatic rings. The molecule has 0 saturated heterocycles. The van der Waals surface area contributed by atoms with Crippen molar-refractivity contribution in [2.24, 2.45) is 0 Å². The number of nitrogens with two attached hydrogens (primary N) is 1. The molecule has 1 aromatic carbocycles. The summed E-state index contributed by atoms with van der Waals surface area (Å²) in [6.07, 6.45) is 0.155. The summed E-state index contributed by atoms with van der Waals surface area (Å²) in [7, 11) is 1.49. The van der Waals surface area contributed by atoms with Gasteiger partial charge in [-0.1, -0.05) is 30.3 Å². The molecule has 1 aliphatic heterocycles. The second kappa shape index (κ2) is 5.44. The molecule has 1 aromatic heterocycles. The average molecular weight is 297 g/mol. The zero-order valence-electron chi connectivity index (χ0n) is 12.0. The van der Waals surface area contributed by atoms with Gasteiger partial charge < -0.3 is 11.1 Å². The number of amides is 2. The van der Waals surface area contributed by atoms with Gasteiger partial charge in [0, 0.05) is 12.6 Å². The van der Waals surface area contributed by atoms with E-state index < -0.39 is 5.91 Å². The maximum atomic E-state index is 12.2. The van der Waals surface area contributed by atoms with Gasteiger partial charge in [-0.15, -0.1) is 0 Å². The fourth-order valence-corrected chi connectivity index (χ4v) is 2.39. The minimum Gasteiger partial charge on any atom is -0.383 e. The van der Waals surface area contributed by atoms with Crippen LogP contribution in [0.3, 0.4) is 0 Å².